The third-order valence-corrected chi connectivity index (χ3v) is 4.70. The van der Waals surface area contributed by atoms with Crippen LogP contribution < -0.4 is 0 Å². The zero-order chi connectivity index (χ0) is 11.7. The molecule has 0 aromatic rings. The fourth-order valence-electron chi connectivity index (χ4n) is 2.14. The van der Waals surface area contributed by atoms with E-state index in [1.807, 2.05) is 16.7 Å². The van der Waals surface area contributed by atoms with E-state index in [1.54, 1.807) is 0 Å². The number of hydrogen-bond acceptors (Lipinski definition) is 3. The zero-order valence-electron chi connectivity index (χ0n) is 9.39. The molecular formula is C11H17NO3S. The number of carbonyl (C=O) groups is 2. The number of rotatable bonds is 3. The minimum Gasteiger partial charge on any atom is -0.481 e. The van der Waals surface area contributed by atoms with Gasteiger partial charge in [0, 0.05) is 24.1 Å². The maximum atomic E-state index is 12.0. The Morgan fingerprint density at radius 1 is 1.44 bits per heavy atom. The Bertz CT molecular complexity index is 308. The molecule has 1 aliphatic heterocycles. The van der Waals surface area contributed by atoms with Gasteiger partial charge in [-0.3, -0.25) is 9.59 Å². The van der Waals surface area contributed by atoms with Gasteiger partial charge in [0.25, 0.3) is 0 Å². The predicted molar refractivity (Wildman–Crippen MR) is 62.3 cm³/mol. The number of carboxylic acids is 1. The standard InChI is InChI=1S/C11H17NO3S/c1-2-7-6-12(3-4-16-7)10(13)8-5-9(8)11(14)15/h7-9H,2-6H2,1H3,(H,14,15). The SMILES string of the molecule is CCC1CN(C(=O)C2CC2C(=O)O)CCS1. The van der Waals surface area contributed by atoms with Crippen molar-refractivity contribution in [1.29, 1.82) is 0 Å². The third-order valence-electron chi connectivity index (χ3n) is 3.33. The molecular weight excluding hydrogens is 226 g/mol. The van der Waals surface area contributed by atoms with Crippen molar-refractivity contribution in [2.75, 3.05) is 18.8 Å². The summed E-state index contributed by atoms with van der Waals surface area (Å²) in [6, 6.07) is 0. The van der Waals surface area contributed by atoms with Crippen molar-refractivity contribution in [3.8, 4) is 0 Å². The minimum atomic E-state index is -0.822. The van der Waals surface area contributed by atoms with Crippen LogP contribution in [0.1, 0.15) is 19.8 Å². The predicted octanol–water partition coefficient (Wildman–Crippen LogP) is 1.06. The quantitative estimate of drug-likeness (QED) is 0.805. The van der Waals surface area contributed by atoms with Crippen molar-refractivity contribution in [1.82, 2.24) is 4.90 Å². The van der Waals surface area contributed by atoms with E-state index in [4.69, 9.17) is 5.11 Å². The molecule has 1 amide bonds. The summed E-state index contributed by atoms with van der Waals surface area (Å²) >= 11 is 1.91. The molecule has 2 aliphatic rings. The van der Waals surface area contributed by atoms with Crippen LogP contribution in [0.25, 0.3) is 0 Å². The van der Waals surface area contributed by atoms with Crippen molar-refractivity contribution in [3.63, 3.8) is 0 Å². The summed E-state index contributed by atoms with van der Waals surface area (Å²) in [5.41, 5.74) is 0. The fraction of sp³-hybridized carbons (Fsp3) is 0.818. The zero-order valence-corrected chi connectivity index (χ0v) is 10.2. The van der Waals surface area contributed by atoms with E-state index in [2.05, 4.69) is 6.92 Å². The van der Waals surface area contributed by atoms with Crippen LogP contribution in [0.5, 0.6) is 0 Å². The van der Waals surface area contributed by atoms with Crippen molar-refractivity contribution in [2.24, 2.45) is 11.8 Å². The highest BCUT2D eigenvalue weighted by atomic mass is 32.2. The summed E-state index contributed by atoms with van der Waals surface area (Å²) in [6.45, 7) is 3.70. The van der Waals surface area contributed by atoms with Gasteiger partial charge in [-0.2, -0.15) is 11.8 Å². The average Bonchev–Trinajstić information content (AvgIpc) is 3.08. The van der Waals surface area contributed by atoms with Crippen LogP contribution in [0, 0.1) is 11.8 Å². The lowest BCUT2D eigenvalue weighted by molar-refractivity contribution is -0.142. The van der Waals surface area contributed by atoms with E-state index in [0.29, 0.717) is 11.7 Å². The van der Waals surface area contributed by atoms with E-state index in [9.17, 15) is 9.59 Å². The Hall–Kier alpha value is -0.710. The molecule has 0 aromatic heterocycles. The van der Waals surface area contributed by atoms with Crippen LogP contribution in [0.2, 0.25) is 0 Å². The Morgan fingerprint density at radius 3 is 2.75 bits per heavy atom. The lowest BCUT2D eigenvalue weighted by Gasteiger charge is -2.32. The first-order valence-electron chi connectivity index (χ1n) is 5.76. The molecule has 90 valence electrons. The van der Waals surface area contributed by atoms with E-state index < -0.39 is 11.9 Å². The second-order valence-electron chi connectivity index (χ2n) is 4.47. The molecule has 1 saturated carbocycles. The van der Waals surface area contributed by atoms with Crippen molar-refractivity contribution < 1.29 is 14.7 Å². The molecule has 3 unspecified atom stereocenters. The second kappa shape index (κ2) is 4.65. The molecule has 0 bridgehead atoms. The van der Waals surface area contributed by atoms with Crippen LogP contribution in [-0.4, -0.2) is 46.0 Å². The molecule has 16 heavy (non-hydrogen) atoms. The number of hydrogen-bond donors (Lipinski definition) is 1. The van der Waals surface area contributed by atoms with Crippen molar-refractivity contribution in [3.05, 3.63) is 0 Å². The van der Waals surface area contributed by atoms with Gasteiger partial charge < -0.3 is 10.0 Å². The number of aliphatic carboxylic acids is 1. The van der Waals surface area contributed by atoms with Crippen molar-refractivity contribution >= 4 is 23.6 Å². The molecule has 1 heterocycles. The number of thioether (sulfide) groups is 1. The van der Waals surface area contributed by atoms with E-state index in [1.165, 1.54) is 0 Å². The topological polar surface area (TPSA) is 57.6 Å². The van der Waals surface area contributed by atoms with Crippen LogP contribution in [0.15, 0.2) is 0 Å². The maximum Gasteiger partial charge on any atom is 0.307 e. The molecule has 1 N–H and O–H groups in total. The first kappa shape index (κ1) is 11.8. The van der Waals surface area contributed by atoms with Gasteiger partial charge in [0.15, 0.2) is 0 Å². The van der Waals surface area contributed by atoms with Gasteiger partial charge in [0.05, 0.1) is 11.8 Å². The van der Waals surface area contributed by atoms with E-state index in [0.717, 1.165) is 25.3 Å². The first-order valence-corrected chi connectivity index (χ1v) is 6.81. The Morgan fingerprint density at radius 2 is 2.19 bits per heavy atom. The second-order valence-corrected chi connectivity index (χ2v) is 5.88. The van der Waals surface area contributed by atoms with Crippen LogP contribution >= 0.6 is 11.8 Å². The molecule has 0 aromatic carbocycles. The van der Waals surface area contributed by atoms with Crippen molar-refractivity contribution in [2.45, 2.75) is 25.0 Å². The van der Waals surface area contributed by atoms with Crippen LogP contribution in [0.3, 0.4) is 0 Å². The number of carbonyl (C=O) groups excluding carboxylic acids is 1. The third kappa shape index (κ3) is 2.34. The van der Waals surface area contributed by atoms with Gasteiger partial charge >= 0.3 is 5.97 Å². The van der Waals surface area contributed by atoms with Gasteiger partial charge in [-0.25, -0.2) is 0 Å². The maximum absolute atomic E-state index is 12.0. The summed E-state index contributed by atoms with van der Waals surface area (Å²) in [5, 5.41) is 9.32. The molecule has 5 heteroatoms. The highest BCUT2D eigenvalue weighted by Gasteiger charge is 2.50. The van der Waals surface area contributed by atoms with Gasteiger partial charge in [0.2, 0.25) is 5.91 Å². The summed E-state index contributed by atoms with van der Waals surface area (Å²) in [7, 11) is 0. The van der Waals surface area contributed by atoms with Gasteiger partial charge in [-0.05, 0) is 12.8 Å². The lowest BCUT2D eigenvalue weighted by Crippen LogP contribution is -2.42. The molecule has 1 aliphatic carbocycles. The highest BCUT2D eigenvalue weighted by molar-refractivity contribution is 8.00. The Labute approximate surface area is 99.4 Å². The van der Waals surface area contributed by atoms with E-state index in [-0.39, 0.29) is 11.8 Å². The summed E-state index contributed by atoms with van der Waals surface area (Å²) in [6.07, 6.45) is 1.61. The summed E-state index contributed by atoms with van der Waals surface area (Å²) < 4.78 is 0. The smallest absolute Gasteiger partial charge is 0.307 e. The number of carboxylic acid groups (broad SMARTS) is 1. The summed E-state index contributed by atoms with van der Waals surface area (Å²) in [4.78, 5) is 24.6. The molecule has 0 radical (unpaired) electrons. The van der Waals surface area contributed by atoms with Gasteiger partial charge in [-0.1, -0.05) is 6.92 Å². The van der Waals surface area contributed by atoms with Gasteiger partial charge in [0.1, 0.15) is 0 Å². The highest BCUT2D eigenvalue weighted by Crippen LogP contribution is 2.40. The van der Waals surface area contributed by atoms with Crippen LogP contribution in [0.4, 0.5) is 0 Å². The monoisotopic (exact) mass is 243 g/mol. The fourth-order valence-corrected chi connectivity index (χ4v) is 3.32. The Balaban J connectivity index is 1.88. The average molecular weight is 243 g/mol. The van der Waals surface area contributed by atoms with Crippen LogP contribution in [-0.2, 0) is 9.59 Å². The minimum absolute atomic E-state index is 0.0613. The summed E-state index contributed by atoms with van der Waals surface area (Å²) in [5.74, 6) is -0.433. The molecule has 1 saturated heterocycles. The number of nitrogens with zero attached hydrogens (tertiary/aromatic N) is 1. The number of amides is 1. The largest absolute Gasteiger partial charge is 0.481 e. The lowest BCUT2D eigenvalue weighted by atomic mass is 10.2. The van der Waals surface area contributed by atoms with Gasteiger partial charge in [-0.15, -0.1) is 0 Å². The normalized spacial score (nSPS) is 33.6. The van der Waals surface area contributed by atoms with E-state index >= 15 is 0 Å². The Kier molecular flexibility index (Phi) is 3.42. The molecule has 2 rings (SSSR count). The molecule has 0 spiro atoms. The first-order chi connectivity index (χ1) is 7.63. The molecule has 3 atom stereocenters. The molecule has 4 nitrogen and oxygen atoms in total. The molecule has 2 fully saturated rings.